The van der Waals surface area contributed by atoms with Crippen LogP contribution in [0, 0.1) is 55.3 Å². The van der Waals surface area contributed by atoms with Crippen LogP contribution in [0.15, 0.2) is 227 Å². The van der Waals surface area contributed by atoms with Gasteiger partial charge in [0.25, 0.3) is 0 Å². The molecule has 5 saturated carbocycles. The maximum atomic E-state index is 12.0. The number of anilines is 1. The van der Waals surface area contributed by atoms with Crippen LogP contribution in [-0.2, 0) is 33.9 Å². The van der Waals surface area contributed by atoms with E-state index in [0.717, 1.165) is 170 Å². The number of rotatable bonds is 41. The van der Waals surface area contributed by atoms with Crippen LogP contribution in [0.2, 0.25) is 0 Å². The Morgan fingerprint density at radius 3 is 1.27 bits per heavy atom. The number of aryl methyl sites for hydroxylation is 2. The van der Waals surface area contributed by atoms with Gasteiger partial charge in [-0.05, 0) is 290 Å². The summed E-state index contributed by atoms with van der Waals surface area (Å²) in [7, 11) is -0.231. The standard InChI is InChI=1S/C18H22O2.C18H24O.C17H27NO.C17H20O3.C16H24O3S.C16H24O2S.C16H24OS/c1-4-11-19-16-9-6-10-17(12-16)20-13-18-14(2)7-5-8-15(18)3;1-2-3-5-9-16-12-8-13-18(14-16)19-15-17-10-6-4-7-11-17;1-3-12-18(2)16-10-7-11-17(13-16)19-14-15-8-5-4-6-9-15;1-3-11-19-15-8-6-9-16(12-15)20-13-14-7-4-5-10-17(14)18-2;1-2-11-20(17,18)16-10-6-9-15(12-16)19-13-14-7-4-3-5-8-14;1-2-11-19(17)16-10-6-9-15(12-16)18-13-14-7-4-3-5-8-14;1-2-11-18-16-10-6-9-15(12-16)17-13-14-7-4-3-5-8-14/h5-10,12H,4,11,13H2,1-3H3;8,12-14,17H,2-4,6-7,10-11,15H2,1H3;7,10-11,13,15H,3-6,8-9,12,14H2,1-2H3;4-10,12H,3,11,13H2,1-2H3;6,9-10,12,14H,2-5,7-8,11,13H2,1H3;6,9-10,12,14H,2-5,7-8,11,13H2,1H3;6,9-10,12,14H,2-5,7-8,11,13H2,1H3. The normalized spacial score (nSPS) is 14.8. The summed E-state index contributed by atoms with van der Waals surface area (Å²) in [4.78, 5) is 4.88. The highest BCUT2D eigenvalue weighted by atomic mass is 32.2. The van der Waals surface area contributed by atoms with Crippen LogP contribution in [0.3, 0.4) is 0 Å². The first-order valence-electron chi connectivity index (χ1n) is 51.5. The van der Waals surface area contributed by atoms with Crippen molar-refractivity contribution in [1.82, 2.24) is 0 Å². The molecule has 9 aromatic carbocycles. The monoisotopic (exact) mass is 1900 g/mol. The maximum absolute atomic E-state index is 12.0. The van der Waals surface area contributed by atoms with Crippen molar-refractivity contribution in [3.63, 3.8) is 0 Å². The molecule has 738 valence electrons. The molecule has 135 heavy (non-hydrogen) atoms. The summed E-state index contributed by atoms with van der Waals surface area (Å²) in [5, 5.41) is 0. The van der Waals surface area contributed by atoms with Gasteiger partial charge in [-0.15, -0.1) is 11.8 Å². The third kappa shape index (κ3) is 45.3. The second-order valence-corrected chi connectivity index (χ2v) is 41.5. The minimum Gasteiger partial charge on any atom is -0.496 e. The van der Waals surface area contributed by atoms with Gasteiger partial charge in [0.1, 0.15) is 70.7 Å². The molecule has 0 amide bonds. The van der Waals surface area contributed by atoms with E-state index in [4.69, 9.17) is 47.4 Å². The number of unbranched alkanes of at least 4 members (excludes halogenated alkanes) is 1. The van der Waals surface area contributed by atoms with E-state index >= 15 is 0 Å². The smallest absolute Gasteiger partial charge is 0.178 e. The second-order valence-electron chi connectivity index (χ2n) is 36.6. The van der Waals surface area contributed by atoms with E-state index < -0.39 is 20.6 Å². The molecule has 14 nitrogen and oxygen atoms in total. The van der Waals surface area contributed by atoms with Gasteiger partial charge in [0.2, 0.25) is 0 Å². The quantitative estimate of drug-likeness (QED) is 0.0264. The molecule has 9 aromatic rings. The molecular weight excluding hydrogens is 1740 g/mol. The summed E-state index contributed by atoms with van der Waals surface area (Å²) in [6.45, 7) is 26.7. The molecule has 0 aromatic heterocycles. The SMILES string of the molecule is CCCC#Cc1cccc(OCC2CCCCC2)c1.CCCN(C)c1cccc(OCC2CCCCC2)c1.CCCOc1cccc(OCc2c(C)cccc2C)c1.CCCOc1cccc(OCc2ccccc2OC)c1.CCCS(=O)(=O)c1cccc(OCC2CCCCC2)c1.CCCS(=O)c1cccc(OCC2CCCCC2)c1.CCCSc1cccc(OCC2CCCCC2)c1. The van der Waals surface area contributed by atoms with Gasteiger partial charge in [0.05, 0.1) is 74.8 Å². The van der Waals surface area contributed by atoms with Crippen molar-refractivity contribution >= 4 is 38.1 Å². The molecule has 0 aliphatic heterocycles. The number of ether oxygens (including phenoxy) is 10. The van der Waals surface area contributed by atoms with Crippen LogP contribution in [-0.4, -0.2) is 96.8 Å². The molecule has 0 bridgehead atoms. The van der Waals surface area contributed by atoms with Crippen molar-refractivity contribution in [2.75, 3.05) is 89.1 Å². The Morgan fingerprint density at radius 1 is 0.385 bits per heavy atom. The number of benzene rings is 9. The average molecular weight is 1900 g/mol. The predicted octanol–water partition coefficient (Wildman–Crippen LogP) is 31.2. The van der Waals surface area contributed by atoms with Gasteiger partial charge >= 0.3 is 0 Å². The van der Waals surface area contributed by atoms with Crippen LogP contribution >= 0.6 is 11.8 Å². The summed E-state index contributed by atoms with van der Waals surface area (Å²) in [5.74, 6) is 20.9. The van der Waals surface area contributed by atoms with Crippen LogP contribution in [0.4, 0.5) is 5.69 Å². The van der Waals surface area contributed by atoms with E-state index in [1.54, 1.807) is 25.3 Å². The number of sulfone groups is 1. The number of hydrogen-bond donors (Lipinski definition) is 0. The van der Waals surface area contributed by atoms with E-state index in [9.17, 15) is 12.6 Å². The Labute approximate surface area is 822 Å². The Bertz CT molecular complexity index is 4860. The first-order valence-corrected chi connectivity index (χ1v) is 55.4. The van der Waals surface area contributed by atoms with Crippen molar-refractivity contribution in [2.24, 2.45) is 29.6 Å². The molecule has 1 unspecified atom stereocenters. The third-order valence-electron chi connectivity index (χ3n) is 24.9. The van der Waals surface area contributed by atoms with Crippen LogP contribution < -0.4 is 52.3 Å². The first kappa shape index (κ1) is 111. The Balaban J connectivity index is 0.000000194. The Morgan fingerprint density at radius 2 is 0.800 bits per heavy atom. The number of para-hydroxylation sites is 1. The van der Waals surface area contributed by atoms with Gasteiger partial charge in [-0.1, -0.05) is 235 Å². The fourth-order valence-electron chi connectivity index (χ4n) is 17.1. The van der Waals surface area contributed by atoms with Crippen molar-refractivity contribution in [2.45, 2.75) is 302 Å². The Kier molecular flexibility index (Phi) is 55.2. The van der Waals surface area contributed by atoms with Crippen LogP contribution in [0.25, 0.3) is 0 Å². The molecule has 0 spiro atoms. The number of hydrogen-bond acceptors (Lipinski definition) is 15. The fourth-order valence-corrected chi connectivity index (χ4v) is 20.3. The molecule has 5 aliphatic rings. The van der Waals surface area contributed by atoms with Gasteiger partial charge in [-0.3, -0.25) is 4.21 Å². The van der Waals surface area contributed by atoms with E-state index in [-0.39, 0.29) is 5.75 Å². The van der Waals surface area contributed by atoms with Gasteiger partial charge < -0.3 is 52.3 Å². The molecule has 14 rings (SSSR count). The molecular formula is C118H165NO13S3. The van der Waals surface area contributed by atoms with E-state index in [1.807, 2.05) is 134 Å². The zero-order valence-corrected chi connectivity index (χ0v) is 86.5. The highest BCUT2D eigenvalue weighted by Crippen LogP contribution is 2.34. The molecule has 0 N–H and O–H groups in total. The Hall–Kier alpha value is -9.21. The second kappa shape index (κ2) is 67.1. The highest BCUT2D eigenvalue weighted by molar-refractivity contribution is 7.99. The van der Waals surface area contributed by atoms with E-state index in [1.165, 1.54) is 206 Å². The van der Waals surface area contributed by atoms with Crippen molar-refractivity contribution in [1.29, 1.82) is 0 Å². The number of nitrogens with zero attached hydrogens (tertiary/aromatic N) is 1. The minimum absolute atomic E-state index is 0.194. The lowest BCUT2D eigenvalue weighted by Gasteiger charge is -2.23. The van der Waals surface area contributed by atoms with Crippen molar-refractivity contribution < 1.29 is 60.0 Å². The predicted molar refractivity (Wildman–Crippen MR) is 565 cm³/mol. The lowest BCUT2D eigenvalue weighted by Crippen LogP contribution is -2.18. The first-order chi connectivity index (χ1) is 66.0. The molecule has 0 heterocycles. The summed E-state index contributed by atoms with van der Waals surface area (Å²) < 4.78 is 93.8. The largest absolute Gasteiger partial charge is 0.496 e. The average Bonchev–Trinajstić information content (AvgIpc) is 0.839. The molecule has 0 radical (unpaired) electrons. The van der Waals surface area contributed by atoms with Crippen molar-refractivity contribution in [3.05, 3.63) is 240 Å². The molecule has 17 heteroatoms. The fraction of sp³-hybridized carbons (Fsp3) is 0.525. The molecule has 0 saturated heterocycles. The summed E-state index contributed by atoms with van der Waals surface area (Å²) in [5.41, 5.74) is 7.13. The minimum atomic E-state index is -3.16. The molecule has 5 fully saturated rings. The number of thioether (sulfide) groups is 1. The lowest BCUT2D eigenvalue weighted by atomic mass is 9.90. The third-order valence-corrected chi connectivity index (χ3v) is 29.5. The summed E-state index contributed by atoms with van der Waals surface area (Å²) in [6, 6.07) is 69.6. The van der Waals surface area contributed by atoms with Gasteiger partial charge in [-0.2, -0.15) is 0 Å². The van der Waals surface area contributed by atoms with Crippen LogP contribution in [0.5, 0.6) is 57.5 Å². The van der Waals surface area contributed by atoms with Gasteiger partial charge in [-0.25, -0.2) is 8.42 Å². The summed E-state index contributed by atoms with van der Waals surface area (Å²) in [6.07, 6.45) is 41.6. The van der Waals surface area contributed by atoms with Crippen molar-refractivity contribution in [3.8, 4) is 69.3 Å². The van der Waals surface area contributed by atoms with Crippen LogP contribution in [0.1, 0.15) is 288 Å². The number of methoxy groups -OCH3 is 1. The molecule has 5 aliphatic carbocycles. The zero-order valence-electron chi connectivity index (χ0n) is 84.1. The molecule has 1 atom stereocenters. The zero-order chi connectivity index (χ0) is 96.0. The highest BCUT2D eigenvalue weighted by Gasteiger charge is 2.21. The lowest BCUT2D eigenvalue weighted by molar-refractivity contribution is 0.208. The van der Waals surface area contributed by atoms with Gasteiger partial charge in [0.15, 0.2) is 9.84 Å². The maximum Gasteiger partial charge on any atom is 0.178 e. The van der Waals surface area contributed by atoms with E-state index in [0.29, 0.717) is 48.7 Å². The summed E-state index contributed by atoms with van der Waals surface area (Å²) >= 11 is 1.92. The van der Waals surface area contributed by atoms with Gasteiger partial charge in [0, 0.05) is 70.6 Å². The van der Waals surface area contributed by atoms with E-state index in [2.05, 4.69) is 158 Å². The topological polar surface area (TPSA) is 147 Å².